The molecule has 0 bridgehead atoms. The van der Waals surface area contributed by atoms with E-state index in [9.17, 15) is 9.90 Å². The number of alkyl halides is 3. The SMILES string of the molecule is CN1CCO[C@@H]([C@@H](O)C(Cl)(Cl)Cl)C1=O. The summed E-state index contributed by atoms with van der Waals surface area (Å²) < 4.78 is 3.14. The van der Waals surface area contributed by atoms with Crippen LogP contribution in [0.15, 0.2) is 0 Å². The molecule has 1 rings (SSSR count). The Hall–Kier alpha value is 0.260. The Kier molecular flexibility index (Phi) is 3.88. The fraction of sp³-hybridized carbons (Fsp3) is 0.857. The average molecular weight is 263 g/mol. The molecule has 0 spiro atoms. The number of aliphatic hydroxyl groups excluding tert-OH is 1. The van der Waals surface area contributed by atoms with Gasteiger partial charge in [-0.15, -0.1) is 0 Å². The molecule has 4 nitrogen and oxygen atoms in total. The van der Waals surface area contributed by atoms with Crippen molar-refractivity contribution in [2.45, 2.75) is 16.0 Å². The fourth-order valence-electron chi connectivity index (χ4n) is 1.11. The van der Waals surface area contributed by atoms with Crippen molar-refractivity contribution < 1.29 is 14.6 Å². The van der Waals surface area contributed by atoms with Gasteiger partial charge in [-0.25, -0.2) is 0 Å². The smallest absolute Gasteiger partial charge is 0.254 e. The lowest BCUT2D eigenvalue weighted by Crippen LogP contribution is -2.54. The number of carbonyl (C=O) groups is 1. The summed E-state index contributed by atoms with van der Waals surface area (Å²) in [4.78, 5) is 12.9. The molecule has 0 unspecified atom stereocenters. The van der Waals surface area contributed by atoms with Crippen LogP contribution in [0.25, 0.3) is 0 Å². The van der Waals surface area contributed by atoms with Crippen LogP contribution < -0.4 is 0 Å². The first-order valence-electron chi connectivity index (χ1n) is 3.95. The summed E-state index contributed by atoms with van der Waals surface area (Å²) in [5.74, 6) is -0.380. The summed E-state index contributed by atoms with van der Waals surface area (Å²) >= 11 is 16.4. The van der Waals surface area contributed by atoms with Crippen molar-refractivity contribution in [2.24, 2.45) is 0 Å². The number of hydrogen-bond acceptors (Lipinski definition) is 3. The molecule has 1 amide bonds. The Morgan fingerprint density at radius 2 is 2.21 bits per heavy atom. The highest BCUT2D eigenvalue weighted by molar-refractivity contribution is 6.68. The molecule has 0 aromatic rings. The zero-order chi connectivity index (χ0) is 10.9. The van der Waals surface area contributed by atoms with Gasteiger partial charge in [0.15, 0.2) is 6.10 Å². The number of halogens is 3. The molecule has 1 aliphatic heterocycles. The van der Waals surface area contributed by atoms with Gasteiger partial charge in [-0.2, -0.15) is 0 Å². The van der Waals surface area contributed by atoms with Crippen molar-refractivity contribution in [2.75, 3.05) is 20.2 Å². The van der Waals surface area contributed by atoms with Crippen LogP contribution in [-0.2, 0) is 9.53 Å². The van der Waals surface area contributed by atoms with Crippen LogP contribution in [0.5, 0.6) is 0 Å². The van der Waals surface area contributed by atoms with E-state index in [1.807, 2.05) is 0 Å². The van der Waals surface area contributed by atoms with Gasteiger partial charge in [0.2, 0.25) is 3.79 Å². The molecule has 7 heteroatoms. The van der Waals surface area contributed by atoms with Crippen molar-refractivity contribution in [1.29, 1.82) is 0 Å². The van der Waals surface area contributed by atoms with Crippen molar-refractivity contribution in [3.63, 3.8) is 0 Å². The molecular weight excluding hydrogens is 252 g/mol. The first-order valence-corrected chi connectivity index (χ1v) is 5.09. The van der Waals surface area contributed by atoms with E-state index in [2.05, 4.69) is 0 Å². The van der Waals surface area contributed by atoms with Crippen LogP contribution in [-0.4, -0.2) is 52.1 Å². The van der Waals surface area contributed by atoms with E-state index >= 15 is 0 Å². The normalized spacial score (nSPS) is 26.5. The summed E-state index contributed by atoms with van der Waals surface area (Å²) in [6.07, 6.45) is -2.55. The number of ether oxygens (including phenoxy) is 1. The van der Waals surface area contributed by atoms with Crippen molar-refractivity contribution in [3.8, 4) is 0 Å². The number of aliphatic hydroxyl groups is 1. The number of carbonyl (C=O) groups excluding carboxylic acids is 1. The minimum absolute atomic E-state index is 0.324. The van der Waals surface area contributed by atoms with Crippen LogP contribution in [0.2, 0.25) is 0 Å². The lowest BCUT2D eigenvalue weighted by atomic mass is 10.1. The maximum absolute atomic E-state index is 11.5. The quantitative estimate of drug-likeness (QED) is 0.703. The summed E-state index contributed by atoms with van der Waals surface area (Å²) in [6.45, 7) is 0.798. The number of hydrogen-bond donors (Lipinski definition) is 1. The molecule has 2 atom stereocenters. The molecule has 0 aromatic carbocycles. The van der Waals surface area contributed by atoms with Gasteiger partial charge in [-0.1, -0.05) is 34.8 Å². The van der Waals surface area contributed by atoms with Crippen molar-refractivity contribution in [1.82, 2.24) is 4.90 Å². The Labute approximate surface area is 96.7 Å². The second-order valence-electron chi connectivity index (χ2n) is 3.04. The zero-order valence-corrected chi connectivity index (χ0v) is 9.68. The zero-order valence-electron chi connectivity index (χ0n) is 7.41. The van der Waals surface area contributed by atoms with Crippen LogP contribution in [0.3, 0.4) is 0 Å². The predicted octanol–water partition coefficient (Wildman–Crippen LogP) is 0.575. The molecule has 14 heavy (non-hydrogen) atoms. The van der Waals surface area contributed by atoms with E-state index in [0.29, 0.717) is 13.2 Å². The second-order valence-corrected chi connectivity index (χ2v) is 5.41. The summed E-state index contributed by atoms with van der Waals surface area (Å²) in [5, 5.41) is 9.53. The third-order valence-corrected chi connectivity index (χ3v) is 2.64. The summed E-state index contributed by atoms with van der Waals surface area (Å²) in [6, 6.07) is 0. The van der Waals surface area contributed by atoms with Gasteiger partial charge in [0.05, 0.1) is 6.61 Å². The number of likely N-dealkylation sites (N-methyl/N-ethyl adjacent to an activating group) is 1. The summed E-state index contributed by atoms with van der Waals surface area (Å²) in [5.41, 5.74) is 0. The van der Waals surface area contributed by atoms with Gasteiger partial charge >= 0.3 is 0 Å². The maximum atomic E-state index is 11.5. The van der Waals surface area contributed by atoms with E-state index < -0.39 is 16.0 Å². The number of amides is 1. The van der Waals surface area contributed by atoms with E-state index in [-0.39, 0.29) is 5.91 Å². The average Bonchev–Trinajstić information content (AvgIpc) is 2.07. The Bertz CT molecular complexity index is 231. The lowest BCUT2D eigenvalue weighted by molar-refractivity contribution is -0.160. The number of nitrogens with zero attached hydrogens (tertiary/aromatic N) is 1. The minimum Gasteiger partial charge on any atom is -0.385 e. The molecule has 0 radical (unpaired) electrons. The standard InChI is InChI=1S/C7H10Cl3NO3/c1-11-2-3-14-4(6(11)13)5(12)7(8,9)10/h4-5,12H,2-3H2,1H3/t4-,5+/m0/s1. The molecule has 0 aromatic heterocycles. The van der Waals surface area contributed by atoms with Gasteiger partial charge in [0, 0.05) is 13.6 Å². The first kappa shape index (κ1) is 12.3. The first-order chi connectivity index (χ1) is 6.34. The highest BCUT2D eigenvalue weighted by Crippen LogP contribution is 2.33. The highest BCUT2D eigenvalue weighted by atomic mass is 35.6. The van der Waals surface area contributed by atoms with E-state index in [0.717, 1.165) is 0 Å². The molecular formula is C7H10Cl3NO3. The van der Waals surface area contributed by atoms with Crippen molar-refractivity contribution in [3.05, 3.63) is 0 Å². The molecule has 82 valence electrons. The van der Waals surface area contributed by atoms with Gasteiger partial charge in [-0.3, -0.25) is 4.79 Å². The number of morpholine rings is 1. The van der Waals surface area contributed by atoms with Crippen molar-refractivity contribution >= 4 is 40.7 Å². The van der Waals surface area contributed by atoms with E-state index in [4.69, 9.17) is 39.5 Å². The third kappa shape index (κ3) is 2.64. The van der Waals surface area contributed by atoms with Gasteiger partial charge in [0.1, 0.15) is 6.10 Å². The largest absolute Gasteiger partial charge is 0.385 e. The Morgan fingerprint density at radius 1 is 1.64 bits per heavy atom. The minimum atomic E-state index is -1.92. The topological polar surface area (TPSA) is 49.8 Å². The molecule has 0 aliphatic carbocycles. The van der Waals surface area contributed by atoms with Crippen LogP contribution in [0.1, 0.15) is 0 Å². The highest BCUT2D eigenvalue weighted by Gasteiger charge is 2.44. The predicted molar refractivity (Wildman–Crippen MR) is 53.7 cm³/mol. The van der Waals surface area contributed by atoms with Gasteiger partial charge < -0.3 is 14.7 Å². The van der Waals surface area contributed by atoms with E-state index in [1.165, 1.54) is 4.90 Å². The molecule has 0 saturated carbocycles. The monoisotopic (exact) mass is 261 g/mol. The maximum Gasteiger partial charge on any atom is 0.254 e. The molecule has 1 fully saturated rings. The second kappa shape index (κ2) is 4.41. The lowest BCUT2D eigenvalue weighted by Gasteiger charge is -2.34. The van der Waals surface area contributed by atoms with Gasteiger partial charge in [-0.05, 0) is 0 Å². The fourth-order valence-corrected chi connectivity index (χ4v) is 1.46. The van der Waals surface area contributed by atoms with Gasteiger partial charge in [0.25, 0.3) is 5.91 Å². The van der Waals surface area contributed by atoms with Crippen LogP contribution >= 0.6 is 34.8 Å². The van der Waals surface area contributed by atoms with Crippen LogP contribution in [0.4, 0.5) is 0 Å². The molecule has 1 aliphatic rings. The van der Waals surface area contributed by atoms with Crippen LogP contribution in [0, 0.1) is 0 Å². The Balaban J connectivity index is 2.72. The number of rotatable bonds is 1. The summed E-state index contributed by atoms with van der Waals surface area (Å²) in [7, 11) is 1.60. The Morgan fingerprint density at radius 3 is 2.71 bits per heavy atom. The van der Waals surface area contributed by atoms with E-state index in [1.54, 1.807) is 7.05 Å². The molecule has 1 N–H and O–H groups in total. The third-order valence-electron chi connectivity index (χ3n) is 1.97. The molecule has 1 heterocycles. The molecule has 1 saturated heterocycles.